The van der Waals surface area contributed by atoms with Crippen LogP contribution in [-0.2, 0) is 11.0 Å². The van der Waals surface area contributed by atoms with Gasteiger partial charge >= 0.3 is 0 Å². The third-order valence-electron chi connectivity index (χ3n) is 3.33. The van der Waals surface area contributed by atoms with Gasteiger partial charge in [-0.3, -0.25) is 0 Å². The zero-order valence-corrected chi connectivity index (χ0v) is 12.0. The lowest BCUT2D eigenvalue weighted by molar-refractivity contribution is 0.381. The number of rotatable bonds is 3. The van der Waals surface area contributed by atoms with Crippen LogP contribution in [0.15, 0.2) is 6.07 Å². The van der Waals surface area contributed by atoms with Gasteiger partial charge in [0.05, 0.1) is 5.54 Å². The fourth-order valence-electron chi connectivity index (χ4n) is 1.74. The van der Waals surface area contributed by atoms with E-state index in [-0.39, 0.29) is 5.41 Å². The van der Waals surface area contributed by atoms with E-state index < -0.39 is 5.54 Å². The lowest BCUT2D eigenvalue weighted by atomic mass is 9.89. The van der Waals surface area contributed by atoms with Crippen LogP contribution in [0.1, 0.15) is 64.7 Å². The Bertz CT molecular complexity index is 387. The average Bonchev–Trinajstić information content (AvgIpc) is 2.26. The summed E-state index contributed by atoms with van der Waals surface area (Å²) in [6.07, 6.45) is 1.72. The summed E-state index contributed by atoms with van der Waals surface area (Å²) in [6, 6.07) is 2.05. The quantitative estimate of drug-likeness (QED) is 0.876. The summed E-state index contributed by atoms with van der Waals surface area (Å²) in [6.45, 7) is 12.7. The Morgan fingerprint density at radius 3 is 2.06 bits per heavy atom. The molecule has 0 aliphatic heterocycles. The van der Waals surface area contributed by atoms with E-state index in [1.807, 2.05) is 6.92 Å². The van der Waals surface area contributed by atoms with Gasteiger partial charge in [-0.05, 0) is 25.8 Å². The van der Waals surface area contributed by atoms with Crippen molar-refractivity contribution in [2.24, 2.45) is 5.73 Å². The SMILES string of the molecule is CCC(N)(CC)c1nc(C)cc(C(C)(C)C)n1. The minimum Gasteiger partial charge on any atom is -0.319 e. The van der Waals surface area contributed by atoms with Crippen molar-refractivity contribution in [2.75, 3.05) is 0 Å². The molecule has 0 bridgehead atoms. The smallest absolute Gasteiger partial charge is 0.148 e. The summed E-state index contributed by atoms with van der Waals surface area (Å²) in [4.78, 5) is 9.21. The van der Waals surface area contributed by atoms with E-state index in [0.717, 1.165) is 30.1 Å². The van der Waals surface area contributed by atoms with Crippen molar-refractivity contribution in [1.82, 2.24) is 9.97 Å². The van der Waals surface area contributed by atoms with Gasteiger partial charge < -0.3 is 5.73 Å². The summed E-state index contributed by atoms with van der Waals surface area (Å²) in [5, 5.41) is 0. The van der Waals surface area contributed by atoms with Gasteiger partial charge in [0.15, 0.2) is 0 Å². The normalized spacial score (nSPS) is 12.9. The largest absolute Gasteiger partial charge is 0.319 e. The van der Waals surface area contributed by atoms with Crippen LogP contribution < -0.4 is 5.73 Å². The molecule has 0 saturated carbocycles. The van der Waals surface area contributed by atoms with E-state index in [2.05, 4.69) is 50.7 Å². The van der Waals surface area contributed by atoms with Crippen LogP contribution >= 0.6 is 0 Å². The monoisotopic (exact) mass is 235 g/mol. The van der Waals surface area contributed by atoms with Crippen molar-refractivity contribution in [2.45, 2.75) is 65.3 Å². The molecule has 0 amide bonds. The predicted octanol–water partition coefficient (Wildman–Crippen LogP) is 3.06. The zero-order valence-electron chi connectivity index (χ0n) is 12.0. The van der Waals surface area contributed by atoms with Gasteiger partial charge in [-0.1, -0.05) is 34.6 Å². The molecule has 2 N–H and O–H groups in total. The standard InChI is InChI=1S/C14H25N3/c1-7-14(15,8-2)12-16-10(3)9-11(17-12)13(4,5)6/h9H,7-8,15H2,1-6H3. The number of aryl methyl sites for hydroxylation is 1. The molecule has 3 heteroatoms. The van der Waals surface area contributed by atoms with E-state index >= 15 is 0 Å². The minimum absolute atomic E-state index is 0.0326. The second kappa shape index (κ2) is 4.73. The number of aromatic nitrogens is 2. The summed E-state index contributed by atoms with van der Waals surface area (Å²) in [5.41, 5.74) is 8.07. The Hall–Kier alpha value is -0.960. The maximum absolute atomic E-state index is 6.37. The highest BCUT2D eigenvalue weighted by molar-refractivity contribution is 5.20. The maximum Gasteiger partial charge on any atom is 0.148 e. The highest BCUT2D eigenvalue weighted by atomic mass is 15.0. The molecular formula is C14H25N3. The van der Waals surface area contributed by atoms with Crippen molar-refractivity contribution in [3.8, 4) is 0 Å². The van der Waals surface area contributed by atoms with Crippen molar-refractivity contribution in [3.05, 3.63) is 23.3 Å². The molecule has 0 fully saturated rings. The van der Waals surface area contributed by atoms with Crippen molar-refractivity contribution < 1.29 is 0 Å². The molecular weight excluding hydrogens is 210 g/mol. The average molecular weight is 235 g/mol. The van der Waals surface area contributed by atoms with Crippen LogP contribution in [0.3, 0.4) is 0 Å². The van der Waals surface area contributed by atoms with Crippen molar-refractivity contribution >= 4 is 0 Å². The summed E-state index contributed by atoms with van der Waals surface area (Å²) < 4.78 is 0. The van der Waals surface area contributed by atoms with Gasteiger partial charge in [0, 0.05) is 16.8 Å². The summed E-state index contributed by atoms with van der Waals surface area (Å²) in [5.74, 6) is 0.785. The van der Waals surface area contributed by atoms with E-state index in [0.29, 0.717) is 0 Å². The Morgan fingerprint density at radius 1 is 1.12 bits per heavy atom. The van der Waals surface area contributed by atoms with Crippen LogP contribution in [-0.4, -0.2) is 9.97 Å². The highest BCUT2D eigenvalue weighted by Crippen LogP contribution is 2.26. The Morgan fingerprint density at radius 2 is 1.65 bits per heavy atom. The van der Waals surface area contributed by atoms with Crippen LogP contribution in [0.25, 0.3) is 0 Å². The second-order valence-corrected chi connectivity index (χ2v) is 5.83. The molecule has 0 aliphatic carbocycles. The molecule has 0 saturated heterocycles. The first kappa shape index (κ1) is 14.1. The van der Waals surface area contributed by atoms with Gasteiger partial charge in [0.1, 0.15) is 5.82 Å². The van der Waals surface area contributed by atoms with Gasteiger partial charge in [-0.25, -0.2) is 9.97 Å². The molecule has 1 aromatic rings. The first-order valence-corrected chi connectivity index (χ1v) is 6.38. The molecule has 1 heterocycles. The lowest BCUT2D eigenvalue weighted by Gasteiger charge is -2.27. The van der Waals surface area contributed by atoms with Crippen LogP contribution in [0.5, 0.6) is 0 Å². The van der Waals surface area contributed by atoms with Crippen LogP contribution in [0.4, 0.5) is 0 Å². The van der Waals surface area contributed by atoms with Crippen molar-refractivity contribution in [3.63, 3.8) is 0 Å². The third kappa shape index (κ3) is 3.03. The lowest BCUT2D eigenvalue weighted by Crippen LogP contribution is -2.38. The molecule has 3 nitrogen and oxygen atoms in total. The van der Waals surface area contributed by atoms with Gasteiger partial charge in [-0.15, -0.1) is 0 Å². The fraction of sp³-hybridized carbons (Fsp3) is 0.714. The topological polar surface area (TPSA) is 51.8 Å². The van der Waals surface area contributed by atoms with E-state index in [9.17, 15) is 0 Å². The molecule has 0 atom stereocenters. The molecule has 0 radical (unpaired) electrons. The summed E-state index contributed by atoms with van der Waals surface area (Å²) in [7, 11) is 0. The molecule has 96 valence electrons. The van der Waals surface area contributed by atoms with E-state index in [1.54, 1.807) is 0 Å². The van der Waals surface area contributed by atoms with Crippen molar-refractivity contribution in [1.29, 1.82) is 0 Å². The molecule has 0 aliphatic rings. The summed E-state index contributed by atoms with van der Waals surface area (Å²) >= 11 is 0. The van der Waals surface area contributed by atoms with E-state index in [1.165, 1.54) is 0 Å². The highest BCUT2D eigenvalue weighted by Gasteiger charge is 2.28. The Balaban J connectivity index is 3.32. The first-order valence-electron chi connectivity index (χ1n) is 6.38. The molecule has 17 heavy (non-hydrogen) atoms. The Kier molecular flexibility index (Phi) is 3.92. The second-order valence-electron chi connectivity index (χ2n) is 5.83. The maximum atomic E-state index is 6.37. The van der Waals surface area contributed by atoms with Gasteiger partial charge in [0.25, 0.3) is 0 Å². The molecule has 0 spiro atoms. The first-order chi connectivity index (χ1) is 7.73. The number of hydrogen-bond acceptors (Lipinski definition) is 3. The number of nitrogens with two attached hydrogens (primary N) is 1. The Labute approximate surface area is 105 Å². The number of hydrogen-bond donors (Lipinski definition) is 1. The number of nitrogens with zero attached hydrogens (tertiary/aromatic N) is 2. The molecule has 1 rings (SSSR count). The van der Waals surface area contributed by atoms with Gasteiger partial charge in [-0.2, -0.15) is 0 Å². The zero-order chi connectivity index (χ0) is 13.3. The van der Waals surface area contributed by atoms with E-state index in [4.69, 9.17) is 5.73 Å². The van der Waals surface area contributed by atoms with Crippen LogP contribution in [0.2, 0.25) is 0 Å². The third-order valence-corrected chi connectivity index (χ3v) is 3.33. The molecule has 0 aromatic carbocycles. The van der Waals surface area contributed by atoms with Crippen LogP contribution in [0, 0.1) is 6.92 Å². The molecule has 1 aromatic heterocycles. The predicted molar refractivity (Wildman–Crippen MR) is 71.9 cm³/mol. The fourth-order valence-corrected chi connectivity index (χ4v) is 1.74. The minimum atomic E-state index is -0.397. The van der Waals surface area contributed by atoms with Gasteiger partial charge in [0.2, 0.25) is 0 Å². The molecule has 0 unspecified atom stereocenters.